The van der Waals surface area contributed by atoms with E-state index in [4.69, 9.17) is 4.74 Å². The van der Waals surface area contributed by atoms with E-state index in [1.165, 1.54) is 16.2 Å². The minimum Gasteiger partial charge on any atom is -0.491 e. The second-order valence-electron chi connectivity index (χ2n) is 11.9. The predicted molar refractivity (Wildman–Crippen MR) is 155 cm³/mol. The third-order valence-corrected chi connectivity index (χ3v) is 9.49. The molecular weight excluding hydrogens is 536 g/mol. The Bertz CT molecular complexity index is 1450. The summed E-state index contributed by atoms with van der Waals surface area (Å²) >= 11 is 1.51. The van der Waals surface area contributed by atoms with Gasteiger partial charge in [-0.2, -0.15) is 5.26 Å². The van der Waals surface area contributed by atoms with E-state index in [0.717, 1.165) is 41.4 Å². The summed E-state index contributed by atoms with van der Waals surface area (Å²) in [7, 11) is 0. The van der Waals surface area contributed by atoms with Gasteiger partial charge < -0.3 is 4.74 Å². The van der Waals surface area contributed by atoms with Crippen LogP contribution in [0, 0.1) is 11.3 Å². The Labute approximate surface area is 245 Å². The normalized spacial score (nSPS) is 25.1. The van der Waals surface area contributed by atoms with E-state index >= 15 is 0 Å². The first kappa shape index (κ1) is 27.6. The molecule has 10 heteroatoms. The molecular formula is C31H36N6O3S. The molecule has 2 aromatic rings. The Kier molecular flexibility index (Phi) is 7.43. The number of rotatable bonds is 8. The van der Waals surface area contributed by atoms with Crippen LogP contribution in [-0.2, 0) is 17.9 Å². The summed E-state index contributed by atoms with van der Waals surface area (Å²) < 4.78 is 5.90. The Morgan fingerprint density at radius 2 is 2.05 bits per heavy atom. The number of amides is 3. The third kappa shape index (κ3) is 5.41. The van der Waals surface area contributed by atoms with Gasteiger partial charge in [-0.25, -0.2) is 4.79 Å². The van der Waals surface area contributed by atoms with Crippen LogP contribution in [0.4, 0.5) is 4.79 Å². The molecule has 41 heavy (non-hydrogen) atoms. The number of piperidine rings is 1. The largest absolute Gasteiger partial charge is 0.491 e. The summed E-state index contributed by atoms with van der Waals surface area (Å²) in [6.07, 6.45) is 8.34. The first-order valence-electron chi connectivity index (χ1n) is 14.6. The highest BCUT2D eigenvalue weighted by molar-refractivity contribution is 7.11. The minimum absolute atomic E-state index is 0.0517. The fourth-order valence-electron chi connectivity index (χ4n) is 6.30. The van der Waals surface area contributed by atoms with Crippen LogP contribution < -0.4 is 4.74 Å². The number of nitriles is 1. The third-order valence-electron chi connectivity index (χ3n) is 8.42. The van der Waals surface area contributed by atoms with Gasteiger partial charge in [0.15, 0.2) is 0 Å². The van der Waals surface area contributed by atoms with E-state index in [-0.39, 0.29) is 30.6 Å². The molecule has 0 unspecified atom stereocenters. The smallest absolute Gasteiger partial charge is 0.332 e. The number of urea groups is 1. The highest BCUT2D eigenvalue weighted by atomic mass is 32.1. The number of nitrogens with zero attached hydrogens (tertiary/aromatic N) is 6. The predicted octanol–water partition coefficient (Wildman–Crippen LogP) is 5.52. The van der Waals surface area contributed by atoms with Crippen LogP contribution >= 0.6 is 11.3 Å². The Morgan fingerprint density at radius 3 is 2.78 bits per heavy atom. The zero-order valence-electron chi connectivity index (χ0n) is 23.9. The van der Waals surface area contributed by atoms with Crippen molar-refractivity contribution in [2.24, 2.45) is 0 Å². The lowest BCUT2D eigenvalue weighted by atomic mass is 9.81. The average Bonchev–Trinajstić information content (AvgIpc) is 3.66. The number of carbonyl (C=O) groups is 2. The van der Waals surface area contributed by atoms with Gasteiger partial charge in [0, 0.05) is 36.3 Å². The topological polar surface area (TPSA) is 103 Å². The van der Waals surface area contributed by atoms with E-state index in [0.29, 0.717) is 48.7 Å². The van der Waals surface area contributed by atoms with Crippen LogP contribution in [0.3, 0.4) is 0 Å². The number of ether oxygens (including phenoxy) is 1. The van der Waals surface area contributed by atoms with Gasteiger partial charge in [-0.3, -0.25) is 19.5 Å². The molecule has 2 aliphatic carbocycles. The molecule has 0 radical (unpaired) electrons. The minimum atomic E-state index is -0.983. The van der Waals surface area contributed by atoms with Crippen molar-refractivity contribution in [1.82, 2.24) is 24.9 Å². The number of hydrogen-bond donors (Lipinski definition) is 0. The molecule has 6 rings (SSSR count). The van der Waals surface area contributed by atoms with Gasteiger partial charge in [-0.05, 0) is 83.1 Å². The number of aromatic nitrogens is 2. The fourth-order valence-corrected chi connectivity index (χ4v) is 7.30. The number of allylic oxidation sites excluding steroid dienone is 4. The van der Waals surface area contributed by atoms with Gasteiger partial charge in [0.1, 0.15) is 21.3 Å². The van der Waals surface area contributed by atoms with Crippen LogP contribution in [-0.4, -0.2) is 61.1 Å². The zero-order valence-corrected chi connectivity index (χ0v) is 24.7. The molecule has 214 valence electrons. The number of benzene rings is 1. The van der Waals surface area contributed by atoms with Crippen LogP contribution in [0.15, 0.2) is 47.7 Å². The number of carbonyl (C=O) groups excluding carboxylic acids is 2. The number of likely N-dealkylation sites (tertiary alicyclic amines) is 1. The molecule has 0 N–H and O–H groups in total. The van der Waals surface area contributed by atoms with E-state index in [2.05, 4.69) is 40.2 Å². The molecule has 3 amide bonds. The summed E-state index contributed by atoms with van der Waals surface area (Å²) in [6, 6.07) is 10.1. The van der Waals surface area contributed by atoms with Gasteiger partial charge in [-0.15, -0.1) is 10.2 Å². The van der Waals surface area contributed by atoms with Crippen molar-refractivity contribution >= 4 is 23.3 Å². The molecule has 9 nitrogen and oxygen atoms in total. The van der Waals surface area contributed by atoms with Crippen molar-refractivity contribution < 1.29 is 14.3 Å². The first-order valence-corrected chi connectivity index (χ1v) is 15.4. The van der Waals surface area contributed by atoms with Gasteiger partial charge in [-0.1, -0.05) is 29.5 Å². The molecule has 3 heterocycles. The van der Waals surface area contributed by atoms with Crippen molar-refractivity contribution in [3.8, 4) is 11.8 Å². The quantitative estimate of drug-likeness (QED) is 0.384. The van der Waals surface area contributed by atoms with E-state index in [1.807, 2.05) is 32.1 Å². The summed E-state index contributed by atoms with van der Waals surface area (Å²) in [4.78, 5) is 33.8. The highest BCUT2D eigenvalue weighted by Crippen LogP contribution is 2.45. The summed E-state index contributed by atoms with van der Waals surface area (Å²) in [5.74, 6) is 1.16. The monoisotopic (exact) mass is 572 g/mol. The van der Waals surface area contributed by atoms with E-state index in [9.17, 15) is 14.9 Å². The second kappa shape index (κ2) is 11.0. The number of imide groups is 1. The van der Waals surface area contributed by atoms with Gasteiger partial charge in [0.25, 0.3) is 5.91 Å². The zero-order chi connectivity index (χ0) is 28.7. The molecule has 1 saturated carbocycles. The van der Waals surface area contributed by atoms with Gasteiger partial charge >= 0.3 is 6.03 Å². The molecule has 2 atom stereocenters. The van der Waals surface area contributed by atoms with Crippen molar-refractivity contribution in [3.63, 3.8) is 0 Å². The molecule has 1 aromatic carbocycles. The lowest BCUT2D eigenvalue weighted by Crippen LogP contribution is -2.58. The molecule has 0 bridgehead atoms. The maximum atomic E-state index is 14.3. The van der Waals surface area contributed by atoms with Crippen LogP contribution in [0.2, 0.25) is 0 Å². The van der Waals surface area contributed by atoms with Crippen LogP contribution in [0.1, 0.15) is 80.8 Å². The van der Waals surface area contributed by atoms with Gasteiger partial charge in [0.2, 0.25) is 0 Å². The Hall–Kier alpha value is -3.55. The summed E-state index contributed by atoms with van der Waals surface area (Å²) in [5, 5.41) is 19.9. The summed E-state index contributed by atoms with van der Waals surface area (Å²) in [6.45, 7) is 7.70. The fraction of sp³-hybridized carbons (Fsp3) is 0.516. The molecule has 1 aromatic heterocycles. The molecule has 2 aliphatic heterocycles. The second-order valence-corrected chi connectivity index (χ2v) is 13.0. The molecule has 1 spiro atoms. The average molecular weight is 573 g/mol. The van der Waals surface area contributed by atoms with Crippen LogP contribution in [0.5, 0.6) is 5.75 Å². The lowest BCUT2D eigenvalue weighted by Gasteiger charge is -2.46. The van der Waals surface area contributed by atoms with Gasteiger partial charge in [0.05, 0.1) is 18.7 Å². The lowest BCUT2D eigenvalue weighted by molar-refractivity contribution is -0.136. The van der Waals surface area contributed by atoms with Crippen molar-refractivity contribution in [2.45, 2.75) is 96.0 Å². The van der Waals surface area contributed by atoms with Crippen molar-refractivity contribution in [2.75, 3.05) is 6.54 Å². The Morgan fingerprint density at radius 1 is 1.22 bits per heavy atom. The van der Waals surface area contributed by atoms with Crippen molar-refractivity contribution in [1.29, 1.82) is 5.26 Å². The standard InChI is InChI=1S/C31H36N6O3S/c1-20(2)40-26-9-5-7-23(15-26)18-35-13-12-31(16-21(35)3)29(38)36(19-27-33-34-28(41-27)24-10-11-24)30(39)37(31)25-8-4-6-22(14-25)17-32/h5-7,9,14-15,20-21,24H,4,8,10-13,16,18-19H2,1-3H3/t21-,31+/m0/s1. The Balaban J connectivity index is 1.26. The summed E-state index contributed by atoms with van der Waals surface area (Å²) in [5.41, 5.74) is 1.45. The number of hydrogen-bond acceptors (Lipinski definition) is 8. The van der Waals surface area contributed by atoms with Crippen LogP contribution in [0.25, 0.3) is 0 Å². The maximum absolute atomic E-state index is 14.3. The molecule has 4 aliphatic rings. The van der Waals surface area contributed by atoms with E-state index in [1.54, 1.807) is 11.0 Å². The SMILES string of the molecule is CC(C)Oc1cccc(CN2CC[C@@]3(C[C@@H]2C)C(=O)N(Cc2nnc(C4CC4)s2)C(=O)N3C2=CC(C#N)=CCC2)c1. The maximum Gasteiger partial charge on any atom is 0.332 e. The molecule has 3 fully saturated rings. The molecule has 2 saturated heterocycles. The highest BCUT2D eigenvalue weighted by Gasteiger charge is 2.60. The van der Waals surface area contributed by atoms with Crippen molar-refractivity contribution in [3.05, 3.63) is 63.3 Å². The first-order chi connectivity index (χ1) is 19.8. The van der Waals surface area contributed by atoms with E-state index < -0.39 is 5.54 Å².